The second-order valence-electron chi connectivity index (χ2n) is 6.30. The quantitative estimate of drug-likeness (QED) is 0.873. The molecule has 0 radical (unpaired) electrons. The maximum absolute atomic E-state index is 12.5. The Bertz CT molecular complexity index is 919. The number of aryl methyl sites for hydroxylation is 1. The minimum atomic E-state index is -0.354. The molecule has 0 saturated heterocycles. The van der Waals surface area contributed by atoms with Gasteiger partial charge in [-0.2, -0.15) is 5.10 Å². The van der Waals surface area contributed by atoms with E-state index in [-0.39, 0.29) is 30.6 Å². The molecule has 1 aliphatic heterocycles. The van der Waals surface area contributed by atoms with Gasteiger partial charge in [-0.3, -0.25) is 14.4 Å². The first-order valence-corrected chi connectivity index (χ1v) is 8.58. The minimum Gasteiger partial charge on any atom is -0.326 e. The lowest BCUT2D eigenvalue weighted by Crippen LogP contribution is -2.36. The number of amides is 3. The van der Waals surface area contributed by atoms with Gasteiger partial charge in [0.1, 0.15) is 5.71 Å². The topological polar surface area (TPSA) is 90.9 Å². The van der Waals surface area contributed by atoms with Crippen molar-refractivity contribution < 1.29 is 14.4 Å². The Morgan fingerprint density at radius 1 is 1.00 bits per heavy atom. The molecule has 1 heterocycles. The van der Waals surface area contributed by atoms with E-state index in [0.29, 0.717) is 22.8 Å². The van der Waals surface area contributed by atoms with Gasteiger partial charge in [0.25, 0.3) is 5.91 Å². The van der Waals surface area contributed by atoms with E-state index >= 15 is 0 Å². The van der Waals surface area contributed by atoms with Crippen molar-refractivity contribution >= 4 is 40.5 Å². The number of benzene rings is 2. The fraction of sp³-hybridized carbons (Fsp3) is 0.200. The standard InChI is InChI=1S/C20H20N4O3/c1-13-4-3-5-17(12-13)24-19(26)11-10-18(23-24)20(27)22-16-8-6-15(7-9-16)21-14(2)25/h3-9,12H,10-11H2,1-2H3,(H,21,25)(H,22,27). The highest BCUT2D eigenvalue weighted by Crippen LogP contribution is 2.22. The Hall–Kier alpha value is -3.48. The molecule has 0 fully saturated rings. The maximum Gasteiger partial charge on any atom is 0.271 e. The van der Waals surface area contributed by atoms with Gasteiger partial charge in [0.15, 0.2) is 0 Å². The molecule has 1 aliphatic rings. The molecule has 27 heavy (non-hydrogen) atoms. The molecule has 3 amide bonds. The van der Waals surface area contributed by atoms with E-state index in [1.54, 1.807) is 30.3 Å². The summed E-state index contributed by atoms with van der Waals surface area (Å²) in [5.74, 6) is -0.659. The molecular formula is C20H20N4O3. The summed E-state index contributed by atoms with van der Waals surface area (Å²) in [5.41, 5.74) is 3.17. The van der Waals surface area contributed by atoms with Crippen LogP contribution in [0.1, 0.15) is 25.3 Å². The van der Waals surface area contributed by atoms with Crippen molar-refractivity contribution in [2.75, 3.05) is 15.6 Å². The third-order valence-corrected chi connectivity index (χ3v) is 4.00. The van der Waals surface area contributed by atoms with Crippen molar-refractivity contribution in [3.05, 3.63) is 54.1 Å². The highest BCUT2D eigenvalue weighted by atomic mass is 16.2. The summed E-state index contributed by atoms with van der Waals surface area (Å²) < 4.78 is 0. The second-order valence-corrected chi connectivity index (χ2v) is 6.30. The van der Waals surface area contributed by atoms with Crippen molar-refractivity contribution in [2.45, 2.75) is 26.7 Å². The lowest BCUT2D eigenvalue weighted by atomic mass is 10.1. The number of hydrazone groups is 1. The Labute approximate surface area is 157 Å². The molecule has 0 spiro atoms. The van der Waals surface area contributed by atoms with E-state index < -0.39 is 0 Å². The fourth-order valence-corrected chi connectivity index (χ4v) is 2.72. The van der Waals surface area contributed by atoms with Crippen LogP contribution in [0.25, 0.3) is 0 Å². The van der Waals surface area contributed by atoms with E-state index in [9.17, 15) is 14.4 Å². The predicted octanol–water partition coefficient (Wildman–Crippen LogP) is 3.07. The van der Waals surface area contributed by atoms with Crippen LogP contribution in [-0.2, 0) is 14.4 Å². The Balaban J connectivity index is 1.74. The van der Waals surface area contributed by atoms with E-state index in [1.807, 2.05) is 25.1 Å². The first-order chi connectivity index (χ1) is 12.9. The molecule has 2 aromatic carbocycles. The molecule has 7 heteroatoms. The molecule has 7 nitrogen and oxygen atoms in total. The average Bonchev–Trinajstić information content (AvgIpc) is 2.63. The normalized spacial score (nSPS) is 13.8. The molecule has 0 bridgehead atoms. The summed E-state index contributed by atoms with van der Waals surface area (Å²) >= 11 is 0. The lowest BCUT2D eigenvalue weighted by Gasteiger charge is -2.23. The summed E-state index contributed by atoms with van der Waals surface area (Å²) in [5, 5.41) is 11.0. The SMILES string of the molecule is CC(=O)Nc1ccc(NC(=O)C2=NN(c3cccc(C)c3)C(=O)CC2)cc1. The molecular weight excluding hydrogens is 344 g/mol. The van der Waals surface area contributed by atoms with Gasteiger partial charge >= 0.3 is 0 Å². The zero-order valence-electron chi connectivity index (χ0n) is 15.2. The Kier molecular flexibility index (Phi) is 5.30. The highest BCUT2D eigenvalue weighted by molar-refractivity contribution is 6.44. The van der Waals surface area contributed by atoms with Crippen molar-refractivity contribution in [1.82, 2.24) is 0 Å². The lowest BCUT2D eigenvalue weighted by molar-refractivity contribution is -0.119. The van der Waals surface area contributed by atoms with Crippen molar-refractivity contribution in [3.63, 3.8) is 0 Å². The molecule has 2 N–H and O–H groups in total. The van der Waals surface area contributed by atoms with E-state index in [1.165, 1.54) is 11.9 Å². The van der Waals surface area contributed by atoms with Crippen LogP contribution in [0.4, 0.5) is 17.1 Å². The molecule has 2 aromatic rings. The summed E-state index contributed by atoms with van der Waals surface area (Å²) in [7, 11) is 0. The van der Waals surface area contributed by atoms with Gasteiger partial charge in [0.2, 0.25) is 11.8 Å². The first-order valence-electron chi connectivity index (χ1n) is 8.58. The van der Waals surface area contributed by atoms with E-state index in [0.717, 1.165) is 5.56 Å². The molecule has 0 aliphatic carbocycles. The van der Waals surface area contributed by atoms with Gasteiger partial charge in [-0.25, -0.2) is 5.01 Å². The third-order valence-electron chi connectivity index (χ3n) is 4.00. The average molecular weight is 364 g/mol. The zero-order valence-corrected chi connectivity index (χ0v) is 15.2. The van der Waals surface area contributed by atoms with Gasteiger partial charge in [-0.1, -0.05) is 12.1 Å². The Morgan fingerprint density at radius 2 is 1.67 bits per heavy atom. The molecule has 3 rings (SSSR count). The molecule has 0 saturated carbocycles. The highest BCUT2D eigenvalue weighted by Gasteiger charge is 2.25. The van der Waals surface area contributed by atoms with Gasteiger partial charge in [-0.05, 0) is 48.9 Å². The second kappa shape index (κ2) is 7.82. The third kappa shape index (κ3) is 4.58. The van der Waals surface area contributed by atoms with Gasteiger partial charge in [0.05, 0.1) is 5.69 Å². The summed E-state index contributed by atoms with van der Waals surface area (Å²) in [6, 6.07) is 14.2. The van der Waals surface area contributed by atoms with Crippen LogP contribution >= 0.6 is 0 Å². The molecule has 0 aromatic heterocycles. The van der Waals surface area contributed by atoms with Crippen LogP contribution < -0.4 is 15.6 Å². The summed E-state index contributed by atoms with van der Waals surface area (Å²) in [6.07, 6.45) is 0.513. The maximum atomic E-state index is 12.5. The first kappa shape index (κ1) is 18.3. The smallest absolute Gasteiger partial charge is 0.271 e. The van der Waals surface area contributed by atoms with Gasteiger partial charge in [-0.15, -0.1) is 0 Å². The number of anilines is 3. The number of nitrogens with one attached hydrogen (secondary N) is 2. The number of carbonyl (C=O) groups excluding carboxylic acids is 3. The molecule has 138 valence electrons. The predicted molar refractivity (Wildman–Crippen MR) is 105 cm³/mol. The van der Waals surface area contributed by atoms with E-state index in [2.05, 4.69) is 15.7 Å². The van der Waals surface area contributed by atoms with Gasteiger partial charge < -0.3 is 10.6 Å². The number of rotatable bonds is 4. The molecule has 0 atom stereocenters. The largest absolute Gasteiger partial charge is 0.326 e. The van der Waals surface area contributed by atoms with Crippen LogP contribution in [0.15, 0.2) is 53.6 Å². The van der Waals surface area contributed by atoms with Crippen molar-refractivity contribution in [1.29, 1.82) is 0 Å². The van der Waals surface area contributed by atoms with Crippen LogP contribution in [0.3, 0.4) is 0 Å². The number of nitrogens with zero attached hydrogens (tertiary/aromatic N) is 2. The van der Waals surface area contributed by atoms with Crippen LogP contribution in [0.5, 0.6) is 0 Å². The van der Waals surface area contributed by atoms with Crippen molar-refractivity contribution in [2.24, 2.45) is 5.10 Å². The number of carbonyl (C=O) groups is 3. The van der Waals surface area contributed by atoms with E-state index in [4.69, 9.17) is 0 Å². The number of hydrogen-bond acceptors (Lipinski definition) is 4. The fourth-order valence-electron chi connectivity index (χ4n) is 2.72. The van der Waals surface area contributed by atoms with Crippen molar-refractivity contribution in [3.8, 4) is 0 Å². The van der Waals surface area contributed by atoms with Crippen LogP contribution in [-0.4, -0.2) is 23.4 Å². The summed E-state index contributed by atoms with van der Waals surface area (Å²) in [4.78, 5) is 35.8. The van der Waals surface area contributed by atoms with Gasteiger partial charge in [0, 0.05) is 31.1 Å². The van der Waals surface area contributed by atoms with Crippen LogP contribution in [0, 0.1) is 6.92 Å². The molecule has 0 unspecified atom stereocenters. The monoisotopic (exact) mass is 364 g/mol. The minimum absolute atomic E-state index is 0.142. The number of hydrogen-bond donors (Lipinski definition) is 2. The zero-order chi connectivity index (χ0) is 19.4. The summed E-state index contributed by atoms with van der Waals surface area (Å²) in [6.45, 7) is 3.36. The Morgan fingerprint density at radius 3 is 2.30 bits per heavy atom. The van der Waals surface area contributed by atoms with Crippen LogP contribution in [0.2, 0.25) is 0 Å².